The minimum atomic E-state index is -0.164. The Labute approximate surface area is 95.3 Å². The van der Waals surface area contributed by atoms with Crippen LogP contribution in [0.5, 0.6) is 0 Å². The Kier molecular flexibility index (Phi) is 2.68. The molecule has 0 aliphatic carbocycles. The van der Waals surface area contributed by atoms with Crippen LogP contribution in [0.4, 0.5) is 0 Å². The lowest BCUT2D eigenvalue weighted by atomic mass is 10.1. The van der Waals surface area contributed by atoms with Gasteiger partial charge in [-0.15, -0.1) is 0 Å². The summed E-state index contributed by atoms with van der Waals surface area (Å²) in [6.07, 6.45) is 1.51. The standard InChI is InChI=1S/C11H9BrN2O/c1-7-4-2-3-5-8(7)10-13-6-9(12)11(15)14-10/h2-6H,1H3,(H,13,14,15). The molecule has 1 aromatic carbocycles. The van der Waals surface area contributed by atoms with Crippen LogP contribution in [0.3, 0.4) is 0 Å². The van der Waals surface area contributed by atoms with E-state index in [9.17, 15) is 4.79 Å². The van der Waals surface area contributed by atoms with E-state index in [0.717, 1.165) is 11.1 Å². The van der Waals surface area contributed by atoms with E-state index >= 15 is 0 Å². The molecule has 0 bridgehead atoms. The summed E-state index contributed by atoms with van der Waals surface area (Å²) in [6.45, 7) is 1.98. The number of rotatable bonds is 1. The van der Waals surface area contributed by atoms with Gasteiger partial charge in [-0.2, -0.15) is 0 Å². The van der Waals surface area contributed by atoms with Crippen molar-refractivity contribution in [1.82, 2.24) is 9.97 Å². The predicted molar refractivity (Wildman–Crippen MR) is 62.7 cm³/mol. The average Bonchev–Trinajstić information content (AvgIpc) is 2.23. The molecule has 1 heterocycles. The highest BCUT2D eigenvalue weighted by molar-refractivity contribution is 9.10. The summed E-state index contributed by atoms with van der Waals surface area (Å²) in [5.41, 5.74) is 1.87. The topological polar surface area (TPSA) is 45.8 Å². The third-order valence-corrected chi connectivity index (χ3v) is 2.72. The minimum absolute atomic E-state index is 0.164. The molecule has 0 atom stereocenters. The molecule has 2 rings (SSSR count). The van der Waals surface area contributed by atoms with Crippen LogP contribution in [0.1, 0.15) is 5.56 Å². The van der Waals surface area contributed by atoms with Crippen LogP contribution in [0.2, 0.25) is 0 Å². The molecule has 0 unspecified atom stereocenters. The Hall–Kier alpha value is -1.42. The van der Waals surface area contributed by atoms with Gasteiger partial charge in [0.05, 0.1) is 0 Å². The van der Waals surface area contributed by atoms with Crippen LogP contribution in [-0.2, 0) is 0 Å². The first kappa shape index (κ1) is 10.1. The summed E-state index contributed by atoms with van der Waals surface area (Å²) in [6, 6.07) is 7.79. The van der Waals surface area contributed by atoms with Gasteiger partial charge in [0, 0.05) is 11.8 Å². The Balaban J connectivity index is 2.60. The molecule has 0 radical (unpaired) electrons. The molecule has 0 aliphatic rings. The molecular weight excluding hydrogens is 256 g/mol. The smallest absolute Gasteiger partial charge is 0.265 e. The summed E-state index contributed by atoms with van der Waals surface area (Å²) < 4.78 is 0.444. The summed E-state index contributed by atoms with van der Waals surface area (Å²) in [7, 11) is 0. The van der Waals surface area contributed by atoms with Crippen molar-refractivity contribution in [3.63, 3.8) is 0 Å². The molecule has 15 heavy (non-hydrogen) atoms. The van der Waals surface area contributed by atoms with Gasteiger partial charge in [0.15, 0.2) is 0 Å². The van der Waals surface area contributed by atoms with Crippen LogP contribution in [0, 0.1) is 6.92 Å². The predicted octanol–water partition coefficient (Wildman–Crippen LogP) is 2.51. The fourth-order valence-electron chi connectivity index (χ4n) is 1.35. The molecule has 0 amide bonds. The van der Waals surface area contributed by atoms with Gasteiger partial charge >= 0.3 is 0 Å². The van der Waals surface area contributed by atoms with Crippen molar-refractivity contribution in [1.29, 1.82) is 0 Å². The molecule has 0 fully saturated rings. The SMILES string of the molecule is Cc1ccccc1-c1ncc(Br)c(=O)[nH]1. The Bertz CT molecular complexity index is 548. The van der Waals surface area contributed by atoms with Gasteiger partial charge in [-0.05, 0) is 28.4 Å². The molecule has 76 valence electrons. The van der Waals surface area contributed by atoms with Gasteiger partial charge in [-0.1, -0.05) is 24.3 Å². The number of aryl methyl sites for hydroxylation is 1. The Morgan fingerprint density at radius 2 is 2.07 bits per heavy atom. The molecule has 0 saturated heterocycles. The quantitative estimate of drug-likeness (QED) is 0.861. The van der Waals surface area contributed by atoms with E-state index in [-0.39, 0.29) is 5.56 Å². The maximum absolute atomic E-state index is 11.4. The summed E-state index contributed by atoms with van der Waals surface area (Å²) in [4.78, 5) is 18.3. The van der Waals surface area contributed by atoms with Crippen LogP contribution >= 0.6 is 15.9 Å². The highest BCUT2D eigenvalue weighted by atomic mass is 79.9. The fraction of sp³-hybridized carbons (Fsp3) is 0.0909. The number of H-pyrrole nitrogens is 1. The lowest BCUT2D eigenvalue weighted by Crippen LogP contribution is -2.09. The molecule has 0 saturated carbocycles. The van der Waals surface area contributed by atoms with Crippen molar-refractivity contribution < 1.29 is 0 Å². The minimum Gasteiger partial charge on any atom is -0.306 e. The first-order valence-electron chi connectivity index (χ1n) is 4.49. The Morgan fingerprint density at radius 3 is 2.73 bits per heavy atom. The Morgan fingerprint density at radius 1 is 1.33 bits per heavy atom. The zero-order chi connectivity index (χ0) is 10.8. The van der Waals surface area contributed by atoms with Crippen molar-refractivity contribution >= 4 is 15.9 Å². The van der Waals surface area contributed by atoms with Gasteiger partial charge in [0.1, 0.15) is 10.3 Å². The highest BCUT2D eigenvalue weighted by Gasteiger charge is 2.04. The second kappa shape index (κ2) is 3.98. The zero-order valence-corrected chi connectivity index (χ0v) is 9.71. The van der Waals surface area contributed by atoms with Gasteiger partial charge in [0.2, 0.25) is 0 Å². The molecule has 3 nitrogen and oxygen atoms in total. The van der Waals surface area contributed by atoms with Crippen LogP contribution in [0.25, 0.3) is 11.4 Å². The average molecular weight is 265 g/mol. The summed E-state index contributed by atoms with van der Waals surface area (Å²) >= 11 is 3.11. The summed E-state index contributed by atoms with van der Waals surface area (Å²) in [5.74, 6) is 0.598. The van der Waals surface area contributed by atoms with Crippen molar-refractivity contribution in [2.45, 2.75) is 6.92 Å². The number of aromatic amines is 1. The van der Waals surface area contributed by atoms with E-state index in [1.54, 1.807) is 0 Å². The number of hydrogen-bond donors (Lipinski definition) is 1. The number of nitrogens with zero attached hydrogens (tertiary/aromatic N) is 1. The molecular formula is C11H9BrN2O. The van der Waals surface area contributed by atoms with E-state index < -0.39 is 0 Å². The molecule has 0 spiro atoms. The monoisotopic (exact) mass is 264 g/mol. The van der Waals surface area contributed by atoms with E-state index in [4.69, 9.17) is 0 Å². The van der Waals surface area contributed by atoms with E-state index in [1.165, 1.54) is 6.20 Å². The first-order chi connectivity index (χ1) is 7.18. The fourth-order valence-corrected chi connectivity index (χ4v) is 1.56. The molecule has 1 aromatic heterocycles. The largest absolute Gasteiger partial charge is 0.306 e. The van der Waals surface area contributed by atoms with E-state index in [1.807, 2.05) is 31.2 Å². The van der Waals surface area contributed by atoms with E-state index in [0.29, 0.717) is 10.3 Å². The lowest BCUT2D eigenvalue weighted by Gasteiger charge is -2.03. The number of hydrogen-bond acceptors (Lipinski definition) is 2. The number of halogens is 1. The van der Waals surface area contributed by atoms with Crippen molar-refractivity contribution in [2.24, 2.45) is 0 Å². The summed E-state index contributed by atoms with van der Waals surface area (Å²) in [5, 5.41) is 0. The van der Waals surface area contributed by atoms with Crippen LogP contribution in [0.15, 0.2) is 39.7 Å². The maximum atomic E-state index is 11.4. The normalized spacial score (nSPS) is 10.3. The van der Waals surface area contributed by atoms with Gasteiger partial charge < -0.3 is 4.98 Å². The van der Waals surface area contributed by atoms with Crippen LogP contribution in [-0.4, -0.2) is 9.97 Å². The van der Waals surface area contributed by atoms with Crippen LogP contribution < -0.4 is 5.56 Å². The molecule has 1 N–H and O–H groups in total. The number of nitrogens with one attached hydrogen (secondary N) is 1. The van der Waals surface area contributed by atoms with Crippen molar-refractivity contribution in [3.8, 4) is 11.4 Å². The number of aromatic nitrogens is 2. The number of benzene rings is 1. The first-order valence-corrected chi connectivity index (χ1v) is 5.28. The van der Waals surface area contributed by atoms with Gasteiger partial charge in [-0.3, -0.25) is 4.79 Å². The molecule has 4 heteroatoms. The van der Waals surface area contributed by atoms with Gasteiger partial charge in [0.25, 0.3) is 5.56 Å². The molecule has 0 aliphatic heterocycles. The van der Waals surface area contributed by atoms with Crippen molar-refractivity contribution in [2.75, 3.05) is 0 Å². The zero-order valence-electron chi connectivity index (χ0n) is 8.12. The lowest BCUT2D eigenvalue weighted by molar-refractivity contribution is 1.10. The second-order valence-electron chi connectivity index (χ2n) is 3.22. The van der Waals surface area contributed by atoms with Gasteiger partial charge in [-0.25, -0.2) is 4.98 Å². The van der Waals surface area contributed by atoms with E-state index in [2.05, 4.69) is 25.9 Å². The second-order valence-corrected chi connectivity index (χ2v) is 4.08. The third kappa shape index (κ3) is 1.99. The maximum Gasteiger partial charge on any atom is 0.265 e. The van der Waals surface area contributed by atoms with Crippen molar-refractivity contribution in [3.05, 3.63) is 50.9 Å². The molecule has 2 aromatic rings. The third-order valence-electron chi connectivity index (χ3n) is 2.16. The highest BCUT2D eigenvalue weighted by Crippen LogP contribution is 2.18.